The second kappa shape index (κ2) is 7.03. The lowest BCUT2D eigenvalue weighted by molar-refractivity contribution is -0.142. The molecule has 1 aromatic rings. The van der Waals surface area contributed by atoms with Gasteiger partial charge in [-0.3, -0.25) is 0 Å². The molecule has 2 unspecified atom stereocenters. The van der Waals surface area contributed by atoms with Crippen LogP contribution in [0.1, 0.15) is 57.9 Å². The average Bonchev–Trinajstić information content (AvgIpc) is 3.07. The maximum absolute atomic E-state index is 12.3. The molecule has 0 saturated heterocycles. The van der Waals surface area contributed by atoms with Gasteiger partial charge in [-0.1, -0.05) is 38.1 Å². The molecule has 2 bridgehead atoms. The molecule has 3 aliphatic carbocycles. The summed E-state index contributed by atoms with van der Waals surface area (Å²) < 4.78 is 11.8. The molecule has 2 fully saturated rings. The SMILES string of the molecule is C=CC12CCC([C@@H](OCc3ccc(OC)cc3)[C@]1(O)C1=CCCCC1)C2(C)C. The molecule has 3 nitrogen and oxygen atoms in total. The number of rotatable bonds is 6. The first-order valence-electron chi connectivity index (χ1n) is 10.7. The van der Waals surface area contributed by atoms with Crippen molar-refractivity contribution in [2.24, 2.45) is 16.7 Å². The highest BCUT2D eigenvalue weighted by atomic mass is 16.5. The van der Waals surface area contributed by atoms with Crippen molar-refractivity contribution in [2.45, 2.75) is 70.7 Å². The van der Waals surface area contributed by atoms with Crippen molar-refractivity contribution in [3.63, 3.8) is 0 Å². The molecule has 152 valence electrons. The van der Waals surface area contributed by atoms with E-state index in [2.05, 4.69) is 32.6 Å². The minimum Gasteiger partial charge on any atom is -0.497 e. The van der Waals surface area contributed by atoms with Gasteiger partial charge in [-0.25, -0.2) is 0 Å². The molecule has 1 aromatic carbocycles. The van der Waals surface area contributed by atoms with Crippen molar-refractivity contribution in [3.05, 3.63) is 54.1 Å². The third kappa shape index (κ3) is 2.55. The largest absolute Gasteiger partial charge is 0.497 e. The van der Waals surface area contributed by atoms with Gasteiger partial charge in [0.25, 0.3) is 0 Å². The Morgan fingerprint density at radius 1 is 1.21 bits per heavy atom. The summed E-state index contributed by atoms with van der Waals surface area (Å²) in [6.07, 6.45) is 10.6. The molecular formula is C25H34O3. The molecule has 3 heteroatoms. The Balaban J connectivity index is 1.67. The summed E-state index contributed by atoms with van der Waals surface area (Å²) in [6.45, 7) is 9.32. The zero-order valence-corrected chi connectivity index (χ0v) is 17.5. The van der Waals surface area contributed by atoms with E-state index in [1.54, 1.807) is 7.11 Å². The number of aliphatic hydroxyl groups is 1. The van der Waals surface area contributed by atoms with Gasteiger partial charge in [0, 0.05) is 5.41 Å². The molecule has 0 aromatic heterocycles. The highest BCUT2D eigenvalue weighted by Crippen LogP contribution is 2.73. The van der Waals surface area contributed by atoms with Crippen LogP contribution in [0.15, 0.2) is 48.6 Å². The van der Waals surface area contributed by atoms with Crippen molar-refractivity contribution < 1.29 is 14.6 Å². The first-order valence-corrected chi connectivity index (χ1v) is 10.7. The van der Waals surface area contributed by atoms with E-state index in [-0.39, 0.29) is 16.9 Å². The van der Waals surface area contributed by atoms with Crippen LogP contribution in [-0.4, -0.2) is 23.9 Å². The lowest BCUT2D eigenvalue weighted by Crippen LogP contribution is -2.56. The highest BCUT2D eigenvalue weighted by molar-refractivity contribution is 5.40. The Labute approximate surface area is 169 Å². The zero-order valence-electron chi connectivity index (χ0n) is 17.5. The molecule has 0 spiro atoms. The highest BCUT2D eigenvalue weighted by Gasteiger charge is 2.75. The molecule has 1 N–H and O–H groups in total. The molecule has 0 amide bonds. The predicted molar refractivity (Wildman–Crippen MR) is 112 cm³/mol. The lowest BCUT2D eigenvalue weighted by atomic mass is 9.59. The third-order valence-corrected chi connectivity index (χ3v) is 8.10. The van der Waals surface area contributed by atoms with Crippen molar-refractivity contribution in [1.29, 1.82) is 0 Å². The van der Waals surface area contributed by atoms with Gasteiger partial charge in [0.05, 0.1) is 19.8 Å². The van der Waals surface area contributed by atoms with E-state index in [4.69, 9.17) is 9.47 Å². The van der Waals surface area contributed by atoms with Crippen molar-refractivity contribution in [2.75, 3.05) is 7.11 Å². The van der Waals surface area contributed by atoms with Crippen LogP contribution in [0.2, 0.25) is 0 Å². The Kier molecular flexibility index (Phi) is 4.96. The number of fused-ring (bicyclic) bond motifs is 2. The van der Waals surface area contributed by atoms with Gasteiger partial charge >= 0.3 is 0 Å². The Morgan fingerprint density at radius 2 is 1.96 bits per heavy atom. The number of allylic oxidation sites excluding steroid dienone is 1. The lowest BCUT2D eigenvalue weighted by Gasteiger charge is -2.50. The van der Waals surface area contributed by atoms with Crippen LogP contribution in [0.4, 0.5) is 0 Å². The first kappa shape index (κ1) is 19.7. The van der Waals surface area contributed by atoms with E-state index in [1.165, 1.54) is 12.0 Å². The summed E-state index contributed by atoms with van der Waals surface area (Å²) in [5, 5.41) is 12.3. The quantitative estimate of drug-likeness (QED) is 0.666. The Hall–Kier alpha value is -1.58. The molecule has 3 aliphatic rings. The van der Waals surface area contributed by atoms with Gasteiger partial charge in [-0.15, -0.1) is 6.58 Å². The van der Waals surface area contributed by atoms with E-state index >= 15 is 0 Å². The topological polar surface area (TPSA) is 38.7 Å². The van der Waals surface area contributed by atoms with Crippen molar-refractivity contribution in [1.82, 2.24) is 0 Å². The standard InChI is InChI=1S/C25H34O3/c1-5-24-16-15-21(23(24,2)3)22(25(24,26)19-9-7-6-8-10-19)28-17-18-11-13-20(27-4)14-12-18/h5,9,11-14,21-22,26H,1,6-8,10,15-17H2,2-4H3/t21?,22-,24?,25-/m1/s1. The smallest absolute Gasteiger partial charge is 0.121 e. The van der Waals surface area contributed by atoms with Crippen LogP contribution in [0.3, 0.4) is 0 Å². The summed E-state index contributed by atoms with van der Waals surface area (Å²) >= 11 is 0. The van der Waals surface area contributed by atoms with Gasteiger partial charge in [0.15, 0.2) is 0 Å². The number of hydrogen-bond donors (Lipinski definition) is 1. The molecule has 0 aliphatic heterocycles. The number of hydrogen-bond acceptors (Lipinski definition) is 3. The van der Waals surface area contributed by atoms with E-state index < -0.39 is 5.60 Å². The van der Waals surface area contributed by atoms with Gasteiger partial charge in [-0.05, 0) is 73.1 Å². The Morgan fingerprint density at radius 3 is 2.57 bits per heavy atom. The van der Waals surface area contributed by atoms with Gasteiger partial charge in [-0.2, -0.15) is 0 Å². The van der Waals surface area contributed by atoms with Gasteiger partial charge in [0.2, 0.25) is 0 Å². The van der Waals surface area contributed by atoms with E-state index in [9.17, 15) is 5.11 Å². The fourth-order valence-corrected chi connectivity index (χ4v) is 6.47. The summed E-state index contributed by atoms with van der Waals surface area (Å²) in [4.78, 5) is 0. The van der Waals surface area contributed by atoms with Crippen molar-refractivity contribution in [3.8, 4) is 5.75 Å². The summed E-state index contributed by atoms with van der Waals surface area (Å²) in [6, 6.07) is 8.01. The molecule has 0 radical (unpaired) electrons. The normalized spacial score (nSPS) is 36.2. The van der Waals surface area contributed by atoms with Crippen LogP contribution in [0, 0.1) is 16.7 Å². The molecule has 4 rings (SSSR count). The zero-order chi connectivity index (χ0) is 20.0. The molecule has 4 atom stereocenters. The first-order chi connectivity index (χ1) is 13.4. The average molecular weight is 383 g/mol. The molecule has 0 heterocycles. The summed E-state index contributed by atoms with van der Waals surface area (Å²) in [7, 11) is 1.68. The van der Waals surface area contributed by atoms with Crippen LogP contribution in [0.25, 0.3) is 0 Å². The minimum atomic E-state index is -0.950. The van der Waals surface area contributed by atoms with Crippen molar-refractivity contribution >= 4 is 0 Å². The van der Waals surface area contributed by atoms with Crippen LogP contribution < -0.4 is 4.74 Å². The molecule has 2 saturated carbocycles. The fraction of sp³-hybridized carbons (Fsp3) is 0.600. The van der Waals surface area contributed by atoms with E-state index in [0.717, 1.165) is 43.4 Å². The molecular weight excluding hydrogens is 348 g/mol. The number of methoxy groups -OCH3 is 1. The third-order valence-electron chi connectivity index (χ3n) is 8.10. The maximum atomic E-state index is 12.3. The van der Waals surface area contributed by atoms with Crippen LogP contribution in [0.5, 0.6) is 5.75 Å². The number of ether oxygens (including phenoxy) is 2. The van der Waals surface area contributed by atoms with E-state index in [1.807, 2.05) is 24.3 Å². The summed E-state index contributed by atoms with van der Waals surface area (Å²) in [5.74, 6) is 1.18. The minimum absolute atomic E-state index is 0.0354. The second-order valence-electron chi connectivity index (χ2n) is 9.36. The van der Waals surface area contributed by atoms with Crippen LogP contribution >= 0.6 is 0 Å². The second-order valence-corrected chi connectivity index (χ2v) is 9.36. The monoisotopic (exact) mass is 382 g/mol. The molecule has 28 heavy (non-hydrogen) atoms. The summed E-state index contributed by atoms with van der Waals surface area (Å²) in [5.41, 5.74) is 0.987. The van der Waals surface area contributed by atoms with Gasteiger partial charge < -0.3 is 14.6 Å². The fourth-order valence-electron chi connectivity index (χ4n) is 6.47. The number of benzene rings is 1. The predicted octanol–water partition coefficient (Wildman–Crippen LogP) is 5.43. The van der Waals surface area contributed by atoms with Crippen LogP contribution in [-0.2, 0) is 11.3 Å². The Bertz CT molecular complexity index is 763. The maximum Gasteiger partial charge on any atom is 0.121 e. The van der Waals surface area contributed by atoms with E-state index in [0.29, 0.717) is 12.5 Å². The van der Waals surface area contributed by atoms with Gasteiger partial charge in [0.1, 0.15) is 11.4 Å².